The number of hydrogen-bond acceptors (Lipinski definition) is 7. The van der Waals surface area contributed by atoms with E-state index in [1.54, 1.807) is 55.6 Å². The van der Waals surface area contributed by atoms with Crippen LogP contribution < -0.4 is 15.4 Å². The van der Waals surface area contributed by atoms with E-state index in [2.05, 4.69) is 20.8 Å². The smallest absolute Gasteiger partial charge is 0.257 e. The van der Waals surface area contributed by atoms with Gasteiger partial charge in [-0.2, -0.15) is 4.98 Å². The Hall–Kier alpha value is -3.98. The summed E-state index contributed by atoms with van der Waals surface area (Å²) in [6.45, 7) is 0. The summed E-state index contributed by atoms with van der Waals surface area (Å²) in [6.07, 6.45) is 1.28. The molecule has 4 rings (SSSR count). The molecule has 2 aromatic heterocycles. The van der Waals surface area contributed by atoms with Gasteiger partial charge in [-0.25, -0.2) is 0 Å². The lowest BCUT2D eigenvalue weighted by Gasteiger charge is -2.12. The van der Waals surface area contributed by atoms with Crippen LogP contribution in [-0.4, -0.2) is 29.1 Å². The van der Waals surface area contributed by atoms with Crippen LogP contribution in [0.25, 0.3) is 10.7 Å². The first kappa shape index (κ1) is 22.2. The standard InChI is InChI=1S/C24H22N4O4S/c1-31-17-8-4-7-16(15-17)25-24(30)18-9-2-3-10-19(18)26-21(29)12-5-13-22-27-23(28-32-22)20-11-6-14-33-20/h2-4,6-11,14-15H,5,12-13H2,1H3,(H,25,30)(H,26,29). The highest BCUT2D eigenvalue weighted by atomic mass is 32.1. The fourth-order valence-electron chi connectivity index (χ4n) is 3.16. The molecule has 2 amide bonds. The minimum Gasteiger partial charge on any atom is -0.497 e. The summed E-state index contributed by atoms with van der Waals surface area (Å²) in [5.41, 5.74) is 1.41. The topological polar surface area (TPSA) is 106 Å². The first-order chi connectivity index (χ1) is 16.1. The van der Waals surface area contributed by atoms with Crippen molar-refractivity contribution in [2.45, 2.75) is 19.3 Å². The number of ether oxygens (including phenoxy) is 1. The predicted molar refractivity (Wildman–Crippen MR) is 127 cm³/mol. The Morgan fingerprint density at radius 2 is 1.94 bits per heavy atom. The van der Waals surface area contributed by atoms with Crippen molar-refractivity contribution in [3.8, 4) is 16.5 Å². The van der Waals surface area contributed by atoms with Crippen molar-refractivity contribution in [1.29, 1.82) is 0 Å². The van der Waals surface area contributed by atoms with Crippen molar-refractivity contribution in [1.82, 2.24) is 10.1 Å². The molecule has 2 heterocycles. The Morgan fingerprint density at radius 3 is 2.76 bits per heavy atom. The van der Waals surface area contributed by atoms with Crippen LogP contribution in [0.4, 0.5) is 11.4 Å². The zero-order chi connectivity index (χ0) is 23.0. The van der Waals surface area contributed by atoms with E-state index in [9.17, 15) is 9.59 Å². The van der Waals surface area contributed by atoms with Crippen molar-refractivity contribution in [3.05, 3.63) is 77.5 Å². The second-order valence-electron chi connectivity index (χ2n) is 7.12. The molecule has 0 aliphatic rings. The van der Waals surface area contributed by atoms with Gasteiger partial charge in [-0.3, -0.25) is 9.59 Å². The molecule has 0 spiro atoms. The lowest BCUT2D eigenvalue weighted by molar-refractivity contribution is -0.116. The van der Waals surface area contributed by atoms with Gasteiger partial charge in [0.05, 0.1) is 23.2 Å². The number of methoxy groups -OCH3 is 1. The SMILES string of the molecule is COc1cccc(NC(=O)c2ccccc2NC(=O)CCCc2nc(-c3cccs3)no2)c1. The van der Waals surface area contributed by atoms with Gasteiger partial charge in [0.1, 0.15) is 5.75 Å². The van der Waals surface area contributed by atoms with Crippen LogP contribution in [0.15, 0.2) is 70.6 Å². The van der Waals surface area contributed by atoms with Crippen LogP contribution >= 0.6 is 11.3 Å². The van der Waals surface area contributed by atoms with Crippen molar-refractivity contribution in [2.75, 3.05) is 17.7 Å². The van der Waals surface area contributed by atoms with E-state index in [4.69, 9.17) is 9.26 Å². The summed E-state index contributed by atoms with van der Waals surface area (Å²) < 4.78 is 10.4. The van der Waals surface area contributed by atoms with Crippen LogP contribution in [0, 0.1) is 0 Å². The molecule has 0 atom stereocenters. The maximum Gasteiger partial charge on any atom is 0.257 e. The van der Waals surface area contributed by atoms with Gasteiger partial charge in [-0.15, -0.1) is 11.3 Å². The molecule has 0 radical (unpaired) electrons. The van der Waals surface area contributed by atoms with Gasteiger partial charge in [0.25, 0.3) is 5.91 Å². The summed E-state index contributed by atoms with van der Waals surface area (Å²) in [5.74, 6) is 1.16. The van der Waals surface area contributed by atoms with Gasteiger partial charge in [-0.1, -0.05) is 29.4 Å². The third-order valence-corrected chi connectivity index (χ3v) is 5.64. The Kier molecular flexibility index (Phi) is 7.11. The fraction of sp³-hybridized carbons (Fsp3) is 0.167. The summed E-state index contributed by atoms with van der Waals surface area (Å²) in [6, 6.07) is 17.8. The van der Waals surface area contributed by atoms with E-state index in [1.165, 1.54) is 11.3 Å². The summed E-state index contributed by atoms with van der Waals surface area (Å²) >= 11 is 1.54. The maximum absolute atomic E-state index is 12.8. The van der Waals surface area contributed by atoms with E-state index in [1.807, 2.05) is 17.5 Å². The quantitative estimate of drug-likeness (QED) is 0.362. The molecular formula is C24H22N4O4S. The average Bonchev–Trinajstić information content (AvgIpc) is 3.52. The van der Waals surface area contributed by atoms with Crippen molar-refractivity contribution in [2.24, 2.45) is 0 Å². The number of carbonyl (C=O) groups excluding carboxylic acids is 2. The number of thiophene rings is 1. The predicted octanol–water partition coefficient (Wildman–Crippen LogP) is 5.02. The number of aromatic nitrogens is 2. The molecule has 0 saturated carbocycles. The monoisotopic (exact) mass is 462 g/mol. The zero-order valence-electron chi connectivity index (χ0n) is 17.9. The number of nitrogens with one attached hydrogen (secondary N) is 2. The number of benzene rings is 2. The number of anilines is 2. The Bertz CT molecular complexity index is 1240. The van der Waals surface area contributed by atoms with E-state index in [0.29, 0.717) is 47.2 Å². The molecule has 8 nitrogen and oxygen atoms in total. The Morgan fingerprint density at radius 1 is 1.06 bits per heavy atom. The average molecular weight is 463 g/mol. The van der Waals surface area contributed by atoms with E-state index < -0.39 is 0 Å². The lowest BCUT2D eigenvalue weighted by Crippen LogP contribution is -2.18. The van der Waals surface area contributed by atoms with Gasteiger partial charge in [0, 0.05) is 24.6 Å². The van der Waals surface area contributed by atoms with Crippen molar-refractivity contribution >= 4 is 34.5 Å². The molecule has 4 aromatic rings. The first-order valence-electron chi connectivity index (χ1n) is 10.3. The van der Waals surface area contributed by atoms with E-state index in [0.717, 1.165) is 4.88 Å². The number of para-hydroxylation sites is 1. The highest BCUT2D eigenvalue weighted by molar-refractivity contribution is 7.13. The van der Waals surface area contributed by atoms with Gasteiger partial charge >= 0.3 is 0 Å². The first-order valence-corrected chi connectivity index (χ1v) is 11.2. The number of rotatable bonds is 9. The molecule has 0 saturated heterocycles. The lowest BCUT2D eigenvalue weighted by atomic mass is 10.1. The van der Waals surface area contributed by atoms with Gasteiger partial charge in [0.15, 0.2) is 0 Å². The maximum atomic E-state index is 12.8. The molecule has 33 heavy (non-hydrogen) atoms. The Balaban J connectivity index is 1.32. The molecule has 0 unspecified atom stereocenters. The fourth-order valence-corrected chi connectivity index (χ4v) is 3.81. The molecule has 0 bridgehead atoms. The molecule has 0 aliphatic carbocycles. The second kappa shape index (κ2) is 10.6. The number of nitrogens with zero attached hydrogens (tertiary/aromatic N) is 2. The minimum absolute atomic E-state index is 0.199. The van der Waals surface area contributed by atoms with Crippen LogP contribution in [0.2, 0.25) is 0 Å². The largest absolute Gasteiger partial charge is 0.497 e. The van der Waals surface area contributed by atoms with Crippen molar-refractivity contribution in [3.63, 3.8) is 0 Å². The number of carbonyl (C=O) groups is 2. The number of hydrogen-bond donors (Lipinski definition) is 2. The van der Waals surface area contributed by atoms with Crippen LogP contribution in [0.3, 0.4) is 0 Å². The molecule has 0 aliphatic heterocycles. The van der Waals surface area contributed by atoms with Gasteiger partial charge in [0.2, 0.25) is 17.6 Å². The molecule has 168 valence electrons. The highest BCUT2D eigenvalue weighted by Crippen LogP contribution is 2.22. The molecule has 0 fully saturated rings. The summed E-state index contributed by atoms with van der Waals surface area (Å²) in [5, 5.41) is 11.6. The van der Waals surface area contributed by atoms with Crippen molar-refractivity contribution < 1.29 is 18.8 Å². The van der Waals surface area contributed by atoms with Crippen LogP contribution in [0.1, 0.15) is 29.1 Å². The molecule has 2 N–H and O–H groups in total. The number of amides is 2. The van der Waals surface area contributed by atoms with Gasteiger partial charge in [-0.05, 0) is 42.1 Å². The van der Waals surface area contributed by atoms with Crippen LogP contribution in [-0.2, 0) is 11.2 Å². The Labute approximate surface area is 194 Å². The molecule has 2 aromatic carbocycles. The normalized spacial score (nSPS) is 10.6. The number of aryl methyl sites for hydroxylation is 1. The second-order valence-corrected chi connectivity index (χ2v) is 8.07. The van der Waals surface area contributed by atoms with Crippen LogP contribution in [0.5, 0.6) is 5.75 Å². The van der Waals surface area contributed by atoms with Gasteiger partial charge < -0.3 is 19.9 Å². The summed E-state index contributed by atoms with van der Waals surface area (Å²) in [4.78, 5) is 30.6. The van der Waals surface area contributed by atoms with E-state index >= 15 is 0 Å². The molecule has 9 heteroatoms. The highest BCUT2D eigenvalue weighted by Gasteiger charge is 2.15. The third kappa shape index (κ3) is 5.83. The minimum atomic E-state index is -0.328. The third-order valence-electron chi connectivity index (χ3n) is 4.78. The van der Waals surface area contributed by atoms with E-state index in [-0.39, 0.29) is 18.2 Å². The summed E-state index contributed by atoms with van der Waals surface area (Å²) in [7, 11) is 1.56. The molecular weight excluding hydrogens is 440 g/mol. The zero-order valence-corrected chi connectivity index (χ0v) is 18.7.